The van der Waals surface area contributed by atoms with Crippen LogP contribution in [0, 0.1) is 17.0 Å². The van der Waals surface area contributed by atoms with Crippen LogP contribution in [-0.2, 0) is 0 Å². The first-order valence-corrected chi connectivity index (χ1v) is 9.83. The monoisotopic (exact) mass is 446 g/mol. The van der Waals surface area contributed by atoms with Crippen molar-refractivity contribution in [2.75, 3.05) is 10.6 Å². The van der Waals surface area contributed by atoms with E-state index < -0.39 is 4.92 Å². The minimum absolute atomic E-state index is 0.0152. The standard InChI is InChI=1S/C18H12Cl2N6O2S/c1-9-2-5-12-14(6-9)29-18(24-12)25-17-15(26(27)28)16(21-8-22-17)23-13-7-10(19)3-4-11(13)20/h2-8H,1H3,(H2,21,22,23,24,25). The number of fused-ring (bicyclic) bond motifs is 1. The van der Waals surface area contributed by atoms with Crippen LogP contribution in [0.25, 0.3) is 10.2 Å². The van der Waals surface area contributed by atoms with Gasteiger partial charge >= 0.3 is 5.69 Å². The number of aryl methyl sites for hydroxylation is 1. The first-order valence-electron chi connectivity index (χ1n) is 8.26. The smallest absolute Gasteiger partial charge is 0.333 e. The van der Waals surface area contributed by atoms with E-state index in [1.807, 2.05) is 25.1 Å². The summed E-state index contributed by atoms with van der Waals surface area (Å²) in [6, 6.07) is 10.6. The SMILES string of the molecule is Cc1ccc2nc(Nc3ncnc(Nc4cc(Cl)ccc4Cl)c3[N+](=O)[O-])sc2c1. The fourth-order valence-corrected chi connectivity index (χ4v) is 3.94. The Bertz CT molecular complexity index is 1250. The first kappa shape index (κ1) is 19.3. The van der Waals surface area contributed by atoms with Crippen molar-refractivity contribution in [1.82, 2.24) is 15.0 Å². The van der Waals surface area contributed by atoms with Gasteiger partial charge in [0, 0.05) is 5.02 Å². The molecule has 4 aromatic rings. The molecule has 0 unspecified atom stereocenters. The lowest BCUT2D eigenvalue weighted by atomic mass is 10.2. The highest BCUT2D eigenvalue weighted by molar-refractivity contribution is 7.22. The second-order valence-corrected chi connectivity index (χ2v) is 7.92. The summed E-state index contributed by atoms with van der Waals surface area (Å²) in [5.41, 5.74) is 1.95. The number of benzene rings is 2. The van der Waals surface area contributed by atoms with E-state index in [4.69, 9.17) is 23.2 Å². The Hall–Kier alpha value is -3.01. The third kappa shape index (κ3) is 4.07. The molecule has 2 N–H and O–H groups in total. The summed E-state index contributed by atoms with van der Waals surface area (Å²) in [5, 5.41) is 18.8. The summed E-state index contributed by atoms with van der Waals surface area (Å²) < 4.78 is 0.966. The Morgan fingerprint density at radius 1 is 1.07 bits per heavy atom. The van der Waals surface area contributed by atoms with Crippen LogP contribution < -0.4 is 10.6 Å². The molecular formula is C18H12Cl2N6O2S. The highest BCUT2D eigenvalue weighted by Gasteiger charge is 2.24. The molecule has 2 heterocycles. The summed E-state index contributed by atoms with van der Waals surface area (Å²) >= 11 is 13.5. The fourth-order valence-electron chi connectivity index (χ4n) is 2.64. The molecule has 0 fully saturated rings. The molecule has 0 saturated carbocycles. The predicted molar refractivity (Wildman–Crippen MR) is 116 cm³/mol. The van der Waals surface area contributed by atoms with Gasteiger partial charge in [-0.15, -0.1) is 0 Å². The number of hydrogen-bond donors (Lipinski definition) is 2. The van der Waals surface area contributed by atoms with Gasteiger partial charge in [-0.3, -0.25) is 10.1 Å². The number of nitro groups is 1. The zero-order valence-electron chi connectivity index (χ0n) is 14.8. The van der Waals surface area contributed by atoms with Gasteiger partial charge in [0.25, 0.3) is 0 Å². The quantitative estimate of drug-likeness (QED) is 0.281. The van der Waals surface area contributed by atoms with E-state index in [0.717, 1.165) is 15.8 Å². The molecule has 0 saturated heterocycles. The van der Waals surface area contributed by atoms with Crippen LogP contribution in [0.5, 0.6) is 0 Å². The average molecular weight is 447 g/mol. The van der Waals surface area contributed by atoms with Crippen molar-refractivity contribution in [2.24, 2.45) is 0 Å². The summed E-state index contributed by atoms with van der Waals surface area (Å²) in [6.45, 7) is 1.99. The normalized spacial score (nSPS) is 10.9. The number of rotatable bonds is 5. The zero-order valence-corrected chi connectivity index (χ0v) is 17.1. The van der Waals surface area contributed by atoms with Gasteiger partial charge in [-0.1, -0.05) is 40.6 Å². The Morgan fingerprint density at radius 3 is 2.59 bits per heavy atom. The molecule has 0 amide bonds. The fraction of sp³-hybridized carbons (Fsp3) is 0.0556. The molecule has 0 spiro atoms. The van der Waals surface area contributed by atoms with Crippen LogP contribution in [0.15, 0.2) is 42.7 Å². The van der Waals surface area contributed by atoms with Crippen LogP contribution in [0.4, 0.5) is 28.1 Å². The van der Waals surface area contributed by atoms with Crippen LogP contribution in [-0.4, -0.2) is 19.9 Å². The summed E-state index contributed by atoms with van der Waals surface area (Å²) in [7, 11) is 0. The molecule has 8 nitrogen and oxygen atoms in total. The lowest BCUT2D eigenvalue weighted by Gasteiger charge is -2.10. The predicted octanol–water partition coefficient (Wildman–Crippen LogP) is 6.10. The van der Waals surface area contributed by atoms with Crippen molar-refractivity contribution < 1.29 is 4.92 Å². The zero-order chi connectivity index (χ0) is 20.5. The van der Waals surface area contributed by atoms with E-state index >= 15 is 0 Å². The van der Waals surface area contributed by atoms with Crippen molar-refractivity contribution in [1.29, 1.82) is 0 Å². The summed E-state index contributed by atoms with van der Waals surface area (Å²) in [5.74, 6) is -0.00458. The topological polar surface area (TPSA) is 106 Å². The maximum absolute atomic E-state index is 11.8. The van der Waals surface area contributed by atoms with Crippen molar-refractivity contribution in [3.05, 3.63) is 68.4 Å². The molecule has 29 heavy (non-hydrogen) atoms. The number of nitrogens with one attached hydrogen (secondary N) is 2. The molecule has 0 aliphatic rings. The number of hydrogen-bond acceptors (Lipinski definition) is 8. The Morgan fingerprint density at radius 2 is 1.83 bits per heavy atom. The van der Waals surface area contributed by atoms with Crippen LogP contribution in [0.3, 0.4) is 0 Å². The van der Waals surface area contributed by atoms with Gasteiger partial charge in [0.1, 0.15) is 6.33 Å². The minimum Gasteiger partial charge on any atom is -0.333 e. The number of anilines is 4. The third-order valence-electron chi connectivity index (χ3n) is 3.96. The van der Waals surface area contributed by atoms with Gasteiger partial charge in [0.15, 0.2) is 5.13 Å². The molecule has 2 aromatic carbocycles. The second-order valence-electron chi connectivity index (χ2n) is 6.04. The van der Waals surface area contributed by atoms with Gasteiger partial charge in [-0.2, -0.15) is 0 Å². The maximum atomic E-state index is 11.8. The van der Waals surface area contributed by atoms with Crippen molar-refractivity contribution in [3.63, 3.8) is 0 Å². The number of aromatic nitrogens is 3. The Kier molecular flexibility index (Phi) is 5.18. The number of halogens is 2. The molecule has 0 radical (unpaired) electrons. The Balaban J connectivity index is 1.72. The van der Waals surface area contributed by atoms with Crippen molar-refractivity contribution in [3.8, 4) is 0 Å². The van der Waals surface area contributed by atoms with Crippen LogP contribution in [0.2, 0.25) is 10.0 Å². The maximum Gasteiger partial charge on any atom is 0.353 e. The Labute approximate surface area is 178 Å². The number of nitrogens with zero attached hydrogens (tertiary/aromatic N) is 4. The van der Waals surface area contributed by atoms with E-state index in [0.29, 0.717) is 20.9 Å². The second kappa shape index (κ2) is 7.78. The number of thiazole rings is 1. The van der Waals surface area contributed by atoms with Gasteiger partial charge < -0.3 is 10.6 Å². The third-order valence-corrected chi connectivity index (χ3v) is 5.45. The van der Waals surface area contributed by atoms with Gasteiger partial charge in [-0.25, -0.2) is 15.0 Å². The largest absolute Gasteiger partial charge is 0.353 e. The van der Waals surface area contributed by atoms with Gasteiger partial charge in [-0.05, 0) is 42.8 Å². The summed E-state index contributed by atoms with van der Waals surface area (Å²) in [6.07, 6.45) is 1.22. The molecule has 11 heteroatoms. The molecular weight excluding hydrogens is 435 g/mol. The molecule has 0 aliphatic heterocycles. The van der Waals surface area contributed by atoms with E-state index in [9.17, 15) is 10.1 Å². The van der Waals surface area contributed by atoms with Crippen molar-refractivity contribution in [2.45, 2.75) is 6.92 Å². The molecule has 0 atom stereocenters. The average Bonchev–Trinajstić information content (AvgIpc) is 3.06. The van der Waals surface area contributed by atoms with Crippen LogP contribution in [0.1, 0.15) is 5.56 Å². The highest BCUT2D eigenvalue weighted by atomic mass is 35.5. The minimum atomic E-state index is -0.569. The molecule has 0 aliphatic carbocycles. The van der Waals surface area contributed by atoms with Crippen LogP contribution >= 0.6 is 34.5 Å². The highest BCUT2D eigenvalue weighted by Crippen LogP contribution is 2.37. The molecule has 146 valence electrons. The lowest BCUT2D eigenvalue weighted by molar-refractivity contribution is -0.383. The van der Waals surface area contributed by atoms with E-state index in [1.165, 1.54) is 17.7 Å². The van der Waals surface area contributed by atoms with E-state index in [2.05, 4.69) is 25.6 Å². The van der Waals surface area contributed by atoms with Crippen molar-refractivity contribution >= 4 is 72.9 Å². The van der Waals surface area contributed by atoms with Gasteiger partial charge in [0.2, 0.25) is 11.6 Å². The summed E-state index contributed by atoms with van der Waals surface area (Å²) in [4.78, 5) is 23.7. The van der Waals surface area contributed by atoms with E-state index in [1.54, 1.807) is 18.2 Å². The molecule has 2 aromatic heterocycles. The van der Waals surface area contributed by atoms with Gasteiger partial charge in [0.05, 0.1) is 25.8 Å². The molecule has 0 bridgehead atoms. The molecule has 4 rings (SSSR count). The van der Waals surface area contributed by atoms with E-state index in [-0.39, 0.29) is 17.3 Å². The first-order chi connectivity index (χ1) is 13.9. The lowest BCUT2D eigenvalue weighted by Crippen LogP contribution is -2.05.